The van der Waals surface area contributed by atoms with Gasteiger partial charge in [0, 0.05) is 0 Å². The smallest absolute Gasteiger partial charge is 0.459 e. The third-order valence-electron chi connectivity index (χ3n) is 7.34. The van der Waals surface area contributed by atoms with Crippen LogP contribution in [-0.4, -0.2) is 67.0 Å². The van der Waals surface area contributed by atoms with Crippen LogP contribution in [0.2, 0.25) is 0 Å². The van der Waals surface area contributed by atoms with Crippen molar-refractivity contribution in [3.8, 4) is 5.75 Å². The third kappa shape index (κ3) is 6.43. The van der Waals surface area contributed by atoms with Crippen molar-refractivity contribution in [1.29, 1.82) is 0 Å². The normalized spacial score (nSPS) is 28.4. The summed E-state index contributed by atoms with van der Waals surface area (Å²) in [6.45, 7) is 0.995. The number of alkyl halides is 2. The van der Waals surface area contributed by atoms with Crippen LogP contribution >= 0.6 is 7.75 Å². The Morgan fingerprint density at radius 3 is 2.72 bits per heavy atom. The molecular formula is C26H33F2N6O8P. The number of hydrogen-bond acceptors (Lipinski definition) is 11. The second-order valence-electron chi connectivity index (χ2n) is 10.8. The number of nitrogen functional groups attached to an aromatic ring is 1. The van der Waals surface area contributed by atoms with Gasteiger partial charge < -0.3 is 24.8 Å². The quantitative estimate of drug-likeness (QED) is 0.190. The van der Waals surface area contributed by atoms with E-state index in [4.69, 9.17) is 24.3 Å². The minimum atomic E-state index is -4.61. The monoisotopic (exact) mass is 626 g/mol. The molecule has 0 bridgehead atoms. The minimum absolute atomic E-state index is 0.0480. The van der Waals surface area contributed by atoms with Crippen LogP contribution < -0.4 is 20.9 Å². The van der Waals surface area contributed by atoms with Crippen LogP contribution in [0, 0.1) is 0 Å². The Labute approximate surface area is 244 Å². The lowest BCUT2D eigenvalue weighted by Crippen LogP contribution is -2.46. The number of hydrogen-bond donors (Lipinski definition) is 4. The molecule has 43 heavy (non-hydrogen) atoms. The highest BCUT2D eigenvalue weighted by Crippen LogP contribution is 2.51. The van der Waals surface area contributed by atoms with E-state index >= 15 is 8.78 Å². The Morgan fingerprint density at radius 1 is 1.33 bits per heavy atom. The summed E-state index contributed by atoms with van der Waals surface area (Å²) >= 11 is 0. The molecule has 1 saturated heterocycles. The molecule has 17 heteroatoms. The zero-order chi connectivity index (χ0) is 31.0. The highest BCUT2D eigenvalue weighted by Gasteiger charge is 2.65. The number of carbonyl (C=O) groups is 1. The van der Waals surface area contributed by atoms with Gasteiger partial charge in [0.2, 0.25) is 5.95 Å². The molecule has 0 radical (unpaired) electrons. The molecule has 0 spiro atoms. The molecule has 1 aliphatic carbocycles. The van der Waals surface area contributed by atoms with Gasteiger partial charge in [-0.05, 0) is 51.7 Å². The molecular weight excluding hydrogens is 593 g/mol. The zero-order valence-corrected chi connectivity index (χ0v) is 24.3. The molecule has 3 aromatic rings. The van der Waals surface area contributed by atoms with E-state index in [1.807, 2.05) is 0 Å². The Kier molecular flexibility index (Phi) is 8.60. The van der Waals surface area contributed by atoms with Crippen molar-refractivity contribution < 1.29 is 41.8 Å². The van der Waals surface area contributed by atoms with Gasteiger partial charge in [0.15, 0.2) is 23.6 Å². The SMILES string of the molecule is CC(NP(=O)(OCC1(F)OC(n2cnc3c(=O)[nH]c(N)nc32)C(C)(O)C1F)Oc1ccccc1)C(=O)OC1CCCCC1. The molecule has 0 amide bonds. The fourth-order valence-corrected chi connectivity index (χ4v) is 6.61. The van der Waals surface area contributed by atoms with Gasteiger partial charge in [-0.15, -0.1) is 0 Å². The number of nitrogens with zero attached hydrogens (tertiary/aromatic N) is 3. The summed E-state index contributed by atoms with van der Waals surface area (Å²) in [5.41, 5.74) is 1.92. The second kappa shape index (κ2) is 11.9. The fourth-order valence-electron chi connectivity index (χ4n) is 5.11. The van der Waals surface area contributed by atoms with E-state index in [2.05, 4.69) is 20.0 Å². The number of H-pyrrole nitrogens is 1. The van der Waals surface area contributed by atoms with Crippen molar-refractivity contribution in [1.82, 2.24) is 24.6 Å². The number of esters is 1. The number of rotatable bonds is 10. The molecule has 1 aromatic carbocycles. The molecule has 234 valence electrons. The lowest BCUT2D eigenvalue weighted by atomic mass is 9.97. The van der Waals surface area contributed by atoms with Crippen LogP contribution in [-0.2, 0) is 23.4 Å². The van der Waals surface area contributed by atoms with Crippen LogP contribution in [0.15, 0.2) is 41.5 Å². The summed E-state index contributed by atoms with van der Waals surface area (Å²) < 4.78 is 68.3. The van der Waals surface area contributed by atoms with E-state index in [0.717, 1.165) is 37.1 Å². The first kappa shape index (κ1) is 31.0. The average molecular weight is 627 g/mol. The second-order valence-corrected chi connectivity index (χ2v) is 12.5. The van der Waals surface area contributed by atoms with E-state index in [9.17, 15) is 19.3 Å². The molecule has 6 atom stereocenters. The number of aliphatic hydroxyl groups is 1. The number of fused-ring (bicyclic) bond motifs is 1. The summed E-state index contributed by atoms with van der Waals surface area (Å²) in [5.74, 6) is -4.36. The predicted octanol–water partition coefficient (Wildman–Crippen LogP) is 3.04. The zero-order valence-electron chi connectivity index (χ0n) is 23.4. The lowest BCUT2D eigenvalue weighted by Gasteiger charge is -2.28. The molecule has 2 fully saturated rings. The Bertz CT molecular complexity index is 1570. The summed E-state index contributed by atoms with van der Waals surface area (Å²) in [5, 5.41) is 13.4. The highest BCUT2D eigenvalue weighted by atomic mass is 31.2. The van der Waals surface area contributed by atoms with Gasteiger partial charge >= 0.3 is 13.7 Å². The Morgan fingerprint density at radius 2 is 2.02 bits per heavy atom. The number of nitrogens with two attached hydrogens (primary N) is 1. The summed E-state index contributed by atoms with van der Waals surface area (Å²) in [4.78, 5) is 35.0. The number of anilines is 1. The number of para-hydroxylation sites is 1. The lowest BCUT2D eigenvalue weighted by molar-refractivity contribution is -0.192. The van der Waals surface area contributed by atoms with Gasteiger partial charge in [-0.2, -0.15) is 10.1 Å². The van der Waals surface area contributed by atoms with Crippen molar-refractivity contribution in [2.75, 3.05) is 12.3 Å². The van der Waals surface area contributed by atoms with Crippen molar-refractivity contribution in [3.05, 3.63) is 47.0 Å². The van der Waals surface area contributed by atoms with Crippen molar-refractivity contribution in [3.63, 3.8) is 0 Å². The number of halogens is 2. The first-order valence-electron chi connectivity index (χ1n) is 13.7. The molecule has 2 aromatic heterocycles. The molecule has 1 aliphatic heterocycles. The molecule has 5 rings (SSSR count). The summed E-state index contributed by atoms with van der Waals surface area (Å²) in [7, 11) is -4.61. The summed E-state index contributed by atoms with van der Waals surface area (Å²) in [6, 6.07) is 6.51. The number of ether oxygens (including phenoxy) is 2. The number of aromatic amines is 1. The maximum Gasteiger partial charge on any atom is 0.459 e. The van der Waals surface area contributed by atoms with Gasteiger partial charge in [-0.25, -0.2) is 18.3 Å². The molecule has 14 nitrogen and oxygen atoms in total. The average Bonchev–Trinajstić information content (AvgIpc) is 3.46. The summed E-state index contributed by atoms with van der Waals surface area (Å²) in [6.07, 6.45) is 0.451. The van der Waals surface area contributed by atoms with E-state index in [1.165, 1.54) is 19.1 Å². The van der Waals surface area contributed by atoms with E-state index in [1.54, 1.807) is 18.2 Å². The maximum absolute atomic E-state index is 16.2. The van der Waals surface area contributed by atoms with E-state index in [-0.39, 0.29) is 29.0 Å². The molecule has 5 N–H and O–H groups in total. The van der Waals surface area contributed by atoms with Gasteiger partial charge in [0.05, 0.1) is 6.33 Å². The van der Waals surface area contributed by atoms with Gasteiger partial charge in [0.1, 0.15) is 30.1 Å². The van der Waals surface area contributed by atoms with Crippen LogP contribution in [0.25, 0.3) is 11.2 Å². The largest absolute Gasteiger partial charge is 0.461 e. The van der Waals surface area contributed by atoms with Crippen LogP contribution in [0.5, 0.6) is 5.75 Å². The van der Waals surface area contributed by atoms with Crippen molar-refractivity contribution in [2.24, 2.45) is 0 Å². The molecule has 1 saturated carbocycles. The van der Waals surface area contributed by atoms with Crippen molar-refractivity contribution in [2.45, 2.75) is 82.0 Å². The minimum Gasteiger partial charge on any atom is -0.461 e. The molecule has 3 heterocycles. The van der Waals surface area contributed by atoms with Gasteiger partial charge in [-0.1, -0.05) is 24.6 Å². The van der Waals surface area contributed by atoms with Gasteiger partial charge in [-0.3, -0.25) is 23.7 Å². The fraction of sp³-hybridized carbons (Fsp3) is 0.538. The van der Waals surface area contributed by atoms with Crippen LogP contribution in [0.1, 0.15) is 52.2 Å². The van der Waals surface area contributed by atoms with Crippen molar-refractivity contribution >= 4 is 30.8 Å². The first-order valence-corrected chi connectivity index (χ1v) is 15.3. The first-order chi connectivity index (χ1) is 20.3. The standard InChI is InChI=1S/C26H33F2N6O8P/c1-15(21(36)40-16-9-5-3-6-10-16)33-43(38,42-17-11-7-4-8-12-17)39-13-26(28)22(27)25(2,37)23(41-26)34-14-30-18-19(34)31-24(29)32-20(18)35/h4,7-8,11-12,14-16,22-23,37H,3,5-6,9-10,13H2,1-2H3,(H,33,38)(H3,29,31,32,35). The van der Waals surface area contributed by atoms with Crippen LogP contribution in [0.4, 0.5) is 14.7 Å². The topological polar surface area (TPSA) is 193 Å². The number of imidazole rings is 1. The Balaban J connectivity index is 1.36. The van der Waals surface area contributed by atoms with Gasteiger partial charge in [0.25, 0.3) is 11.4 Å². The van der Waals surface area contributed by atoms with E-state index in [0.29, 0.717) is 12.8 Å². The van der Waals surface area contributed by atoms with Crippen LogP contribution in [0.3, 0.4) is 0 Å². The number of carbonyl (C=O) groups excluding carboxylic acids is 1. The number of aromatic nitrogens is 4. The highest BCUT2D eigenvalue weighted by molar-refractivity contribution is 7.52. The number of nitrogens with one attached hydrogen (secondary N) is 2. The number of benzene rings is 1. The third-order valence-corrected chi connectivity index (χ3v) is 8.97. The molecule has 6 unspecified atom stereocenters. The van der Waals surface area contributed by atoms with E-state index < -0.39 is 55.8 Å². The Hall–Kier alpha value is -3.43. The maximum atomic E-state index is 16.2. The predicted molar refractivity (Wildman–Crippen MR) is 148 cm³/mol. The molecule has 2 aliphatic rings.